The van der Waals surface area contributed by atoms with Gasteiger partial charge in [-0.1, -0.05) is 0 Å². The van der Waals surface area contributed by atoms with Crippen molar-refractivity contribution in [2.24, 2.45) is 5.14 Å². The summed E-state index contributed by atoms with van der Waals surface area (Å²) in [5, 5.41) is 13.1. The Bertz CT molecular complexity index is 565. The van der Waals surface area contributed by atoms with Crippen LogP contribution in [0.25, 0.3) is 0 Å². The first kappa shape index (κ1) is 12.4. The summed E-state index contributed by atoms with van der Waals surface area (Å²) < 4.78 is 59.2. The molecule has 0 atom stereocenters. The molecule has 1 aromatic heterocycles. The number of sulfonamides is 1. The number of pyridine rings is 1. The fraction of sp³-hybridized carbons (Fsp3) is 0.143. The highest BCUT2D eigenvalue weighted by Crippen LogP contribution is 2.23. The zero-order chi connectivity index (χ0) is 12.5. The van der Waals surface area contributed by atoms with E-state index in [1.807, 2.05) is 0 Å². The molecule has 2 N–H and O–H groups in total. The van der Waals surface area contributed by atoms with Gasteiger partial charge < -0.3 is 0 Å². The Morgan fingerprint density at radius 1 is 1.50 bits per heavy atom. The molecule has 0 unspecified atom stereocenters. The molecule has 1 rings (SSSR count). The third-order valence-corrected chi connectivity index (χ3v) is 2.54. The summed E-state index contributed by atoms with van der Waals surface area (Å²) in [6.07, 6.45) is -3.11. The van der Waals surface area contributed by atoms with Crippen LogP contribution in [0, 0.1) is 17.3 Å². The zero-order valence-corrected chi connectivity index (χ0v) is 8.30. The molecule has 0 spiro atoms. The first-order valence-corrected chi connectivity index (χ1v) is 5.23. The Morgan fingerprint density at radius 2 is 2.06 bits per heavy atom. The normalized spacial score (nSPS) is 11.5. The van der Waals surface area contributed by atoms with Crippen LogP contribution in [0.4, 0.5) is 13.2 Å². The van der Waals surface area contributed by atoms with E-state index in [2.05, 4.69) is 10.1 Å². The zero-order valence-electron chi connectivity index (χ0n) is 7.49. The first-order chi connectivity index (χ1) is 7.27. The number of hydrogen-bond donors (Lipinski definition) is 1. The van der Waals surface area contributed by atoms with Gasteiger partial charge in [0.1, 0.15) is 11.8 Å². The average Bonchev–Trinajstić information content (AvgIpc) is 2.14. The van der Waals surface area contributed by atoms with Crippen LogP contribution >= 0.6 is 0 Å². The van der Waals surface area contributed by atoms with Crippen molar-refractivity contribution in [2.75, 3.05) is 0 Å². The van der Waals surface area contributed by atoms with Crippen LogP contribution in [-0.2, 0) is 10.0 Å². The number of nitrogens with two attached hydrogens (primary N) is 1. The van der Waals surface area contributed by atoms with Gasteiger partial charge in [0, 0.05) is 0 Å². The number of aromatic nitrogens is 1. The standard InChI is InChI=1S/C7H4F3N3O2S/c8-6(9)4-1-3(2-11)5(7(10)13-4)16(12,14)15/h1,6H,(H2,12,14,15). The number of alkyl halides is 2. The van der Waals surface area contributed by atoms with E-state index >= 15 is 0 Å². The summed E-state index contributed by atoms with van der Waals surface area (Å²) in [5.74, 6) is -1.71. The summed E-state index contributed by atoms with van der Waals surface area (Å²) in [6.45, 7) is 0. The number of halogens is 3. The molecule has 0 amide bonds. The summed E-state index contributed by atoms with van der Waals surface area (Å²) in [4.78, 5) is 1.54. The molecule has 0 saturated heterocycles. The molecule has 0 radical (unpaired) electrons. The fourth-order valence-corrected chi connectivity index (χ4v) is 1.68. The summed E-state index contributed by atoms with van der Waals surface area (Å²) in [7, 11) is -4.52. The predicted octanol–water partition coefficient (Wildman–Crippen LogP) is 0.677. The minimum Gasteiger partial charge on any atom is -0.224 e. The minimum atomic E-state index is -4.52. The van der Waals surface area contributed by atoms with E-state index in [1.165, 1.54) is 6.07 Å². The molecule has 0 bridgehead atoms. The molecule has 9 heteroatoms. The van der Waals surface area contributed by atoms with Gasteiger partial charge in [0.15, 0.2) is 4.90 Å². The second-order valence-electron chi connectivity index (χ2n) is 2.67. The highest BCUT2D eigenvalue weighted by atomic mass is 32.2. The van der Waals surface area contributed by atoms with Crippen LogP contribution in [-0.4, -0.2) is 13.4 Å². The number of rotatable bonds is 2. The number of nitriles is 1. The summed E-state index contributed by atoms with van der Waals surface area (Å²) in [6, 6.07) is 1.75. The van der Waals surface area contributed by atoms with Crippen LogP contribution in [0.15, 0.2) is 11.0 Å². The first-order valence-electron chi connectivity index (χ1n) is 3.69. The maximum atomic E-state index is 13.1. The van der Waals surface area contributed by atoms with Crippen molar-refractivity contribution < 1.29 is 21.6 Å². The van der Waals surface area contributed by atoms with Gasteiger partial charge >= 0.3 is 0 Å². The van der Waals surface area contributed by atoms with Crippen molar-refractivity contribution in [1.82, 2.24) is 4.98 Å². The van der Waals surface area contributed by atoms with E-state index in [9.17, 15) is 21.6 Å². The Balaban J connectivity index is 3.62. The summed E-state index contributed by atoms with van der Waals surface area (Å²) >= 11 is 0. The van der Waals surface area contributed by atoms with Gasteiger partial charge in [-0.15, -0.1) is 0 Å². The molecule has 0 aliphatic carbocycles. The van der Waals surface area contributed by atoms with E-state index in [1.54, 1.807) is 0 Å². The largest absolute Gasteiger partial charge is 0.280 e. The van der Waals surface area contributed by atoms with E-state index in [-0.39, 0.29) is 0 Å². The molecule has 1 heterocycles. The van der Waals surface area contributed by atoms with Gasteiger partial charge in [0.2, 0.25) is 16.0 Å². The molecule has 0 aliphatic rings. The van der Waals surface area contributed by atoms with E-state index in [0.29, 0.717) is 6.07 Å². The highest BCUT2D eigenvalue weighted by molar-refractivity contribution is 7.89. The van der Waals surface area contributed by atoms with Gasteiger partial charge in [-0.2, -0.15) is 9.65 Å². The quantitative estimate of drug-likeness (QED) is 0.781. The Hall–Kier alpha value is -1.66. The molecule has 0 fully saturated rings. The van der Waals surface area contributed by atoms with Crippen LogP contribution in [0.5, 0.6) is 0 Å². The van der Waals surface area contributed by atoms with Crippen LogP contribution in [0.3, 0.4) is 0 Å². The lowest BCUT2D eigenvalue weighted by Gasteiger charge is -2.05. The molecule has 5 nitrogen and oxygen atoms in total. The number of hydrogen-bond acceptors (Lipinski definition) is 4. The smallest absolute Gasteiger partial charge is 0.224 e. The molecule has 0 aliphatic heterocycles. The topological polar surface area (TPSA) is 96.8 Å². The van der Waals surface area contributed by atoms with Crippen LogP contribution < -0.4 is 5.14 Å². The summed E-state index contributed by atoms with van der Waals surface area (Å²) in [5.41, 5.74) is -1.83. The second kappa shape index (κ2) is 4.07. The third-order valence-electron chi connectivity index (χ3n) is 1.58. The van der Waals surface area contributed by atoms with E-state index in [0.717, 1.165) is 0 Å². The number of nitrogens with zero attached hydrogens (tertiary/aromatic N) is 2. The van der Waals surface area contributed by atoms with Gasteiger partial charge in [0.25, 0.3) is 6.43 Å². The molecule has 16 heavy (non-hydrogen) atoms. The van der Waals surface area contributed by atoms with Crippen molar-refractivity contribution in [1.29, 1.82) is 5.26 Å². The molecule has 0 saturated carbocycles. The molecular formula is C7H4F3N3O2S. The van der Waals surface area contributed by atoms with Gasteiger partial charge in [-0.05, 0) is 6.07 Å². The predicted molar refractivity (Wildman–Crippen MR) is 45.2 cm³/mol. The lowest BCUT2D eigenvalue weighted by atomic mass is 10.2. The van der Waals surface area contributed by atoms with E-state index in [4.69, 9.17) is 5.26 Å². The lowest BCUT2D eigenvalue weighted by molar-refractivity contribution is 0.144. The molecular weight excluding hydrogens is 247 g/mol. The van der Waals surface area contributed by atoms with Crippen LogP contribution in [0.1, 0.15) is 17.7 Å². The fourth-order valence-electron chi connectivity index (χ4n) is 0.986. The van der Waals surface area contributed by atoms with Gasteiger partial charge in [-0.25, -0.2) is 27.3 Å². The Kier molecular flexibility index (Phi) is 3.16. The SMILES string of the molecule is N#Cc1cc(C(F)F)nc(F)c1S(N)(=O)=O. The van der Waals surface area contributed by atoms with Crippen LogP contribution in [0.2, 0.25) is 0 Å². The van der Waals surface area contributed by atoms with Gasteiger partial charge in [0.05, 0.1) is 5.56 Å². The maximum absolute atomic E-state index is 13.1. The Morgan fingerprint density at radius 3 is 2.44 bits per heavy atom. The molecule has 0 aromatic carbocycles. The van der Waals surface area contributed by atoms with Gasteiger partial charge in [-0.3, -0.25) is 0 Å². The van der Waals surface area contributed by atoms with Crippen molar-refractivity contribution in [2.45, 2.75) is 11.3 Å². The molecule has 86 valence electrons. The average molecular weight is 251 g/mol. The monoisotopic (exact) mass is 251 g/mol. The minimum absolute atomic E-state index is 0.480. The van der Waals surface area contributed by atoms with Crippen molar-refractivity contribution in [3.63, 3.8) is 0 Å². The Labute approximate surface area is 88.4 Å². The van der Waals surface area contributed by atoms with E-state index < -0.39 is 38.5 Å². The molecule has 1 aromatic rings. The maximum Gasteiger partial charge on any atom is 0.280 e. The third kappa shape index (κ3) is 2.29. The van der Waals surface area contributed by atoms with Crippen molar-refractivity contribution in [3.8, 4) is 6.07 Å². The second-order valence-corrected chi connectivity index (χ2v) is 4.17. The van der Waals surface area contributed by atoms with Crippen molar-refractivity contribution >= 4 is 10.0 Å². The number of primary sulfonamides is 1. The van der Waals surface area contributed by atoms with Crippen molar-refractivity contribution in [3.05, 3.63) is 23.3 Å². The lowest BCUT2D eigenvalue weighted by Crippen LogP contribution is -2.17. The highest BCUT2D eigenvalue weighted by Gasteiger charge is 2.24.